The molecule has 0 unspecified atom stereocenters. The summed E-state index contributed by atoms with van der Waals surface area (Å²) in [7, 11) is 0. The molecule has 1 heterocycles. The van der Waals surface area contributed by atoms with E-state index in [4.69, 9.17) is 11.5 Å². The Balaban J connectivity index is 2.20. The molecular formula is C13H13FN4O. The van der Waals surface area contributed by atoms with Crippen LogP contribution in [0.3, 0.4) is 0 Å². The highest BCUT2D eigenvalue weighted by Gasteiger charge is 2.10. The SMILES string of the molecule is NC(=O)c1cc(N)cnc1NCc1ccccc1F. The van der Waals surface area contributed by atoms with Gasteiger partial charge >= 0.3 is 0 Å². The number of amides is 1. The molecule has 0 saturated heterocycles. The molecule has 19 heavy (non-hydrogen) atoms. The highest BCUT2D eigenvalue weighted by molar-refractivity contribution is 5.98. The van der Waals surface area contributed by atoms with Gasteiger partial charge in [-0.2, -0.15) is 0 Å². The van der Waals surface area contributed by atoms with Crippen molar-refractivity contribution in [2.45, 2.75) is 6.54 Å². The quantitative estimate of drug-likeness (QED) is 0.776. The van der Waals surface area contributed by atoms with Crippen LogP contribution in [0.25, 0.3) is 0 Å². The molecule has 2 aromatic rings. The maximum absolute atomic E-state index is 13.4. The normalized spacial score (nSPS) is 10.2. The summed E-state index contributed by atoms with van der Waals surface area (Å²) < 4.78 is 13.4. The molecule has 0 aliphatic carbocycles. The van der Waals surface area contributed by atoms with E-state index in [1.807, 2.05) is 0 Å². The van der Waals surface area contributed by atoms with Gasteiger partial charge in [0.1, 0.15) is 11.6 Å². The topological polar surface area (TPSA) is 94.0 Å². The molecule has 6 heteroatoms. The van der Waals surface area contributed by atoms with E-state index in [0.717, 1.165) is 0 Å². The zero-order chi connectivity index (χ0) is 13.8. The lowest BCUT2D eigenvalue weighted by molar-refractivity contribution is 0.100. The number of carbonyl (C=O) groups excluding carboxylic acids is 1. The van der Waals surface area contributed by atoms with E-state index in [0.29, 0.717) is 11.3 Å². The molecule has 0 bridgehead atoms. The van der Waals surface area contributed by atoms with Crippen LogP contribution in [0.2, 0.25) is 0 Å². The molecule has 1 amide bonds. The molecule has 1 aromatic carbocycles. The fourth-order valence-corrected chi connectivity index (χ4v) is 1.63. The number of nitrogens with one attached hydrogen (secondary N) is 1. The summed E-state index contributed by atoms with van der Waals surface area (Å²) in [6.07, 6.45) is 1.40. The number of primary amides is 1. The van der Waals surface area contributed by atoms with Crippen molar-refractivity contribution in [3.8, 4) is 0 Å². The van der Waals surface area contributed by atoms with Gasteiger partial charge in [-0.3, -0.25) is 4.79 Å². The van der Waals surface area contributed by atoms with Crippen molar-refractivity contribution in [1.82, 2.24) is 4.98 Å². The molecule has 0 radical (unpaired) electrons. The Kier molecular flexibility index (Phi) is 3.61. The Morgan fingerprint density at radius 2 is 2.11 bits per heavy atom. The maximum atomic E-state index is 13.4. The van der Waals surface area contributed by atoms with Crippen molar-refractivity contribution in [1.29, 1.82) is 0 Å². The number of anilines is 2. The van der Waals surface area contributed by atoms with Crippen molar-refractivity contribution in [3.05, 3.63) is 53.5 Å². The number of pyridine rings is 1. The van der Waals surface area contributed by atoms with E-state index >= 15 is 0 Å². The van der Waals surface area contributed by atoms with Crippen LogP contribution in [0.5, 0.6) is 0 Å². The van der Waals surface area contributed by atoms with Gasteiger partial charge in [-0.05, 0) is 12.1 Å². The number of benzene rings is 1. The van der Waals surface area contributed by atoms with Gasteiger partial charge in [0.2, 0.25) is 0 Å². The number of carbonyl (C=O) groups is 1. The van der Waals surface area contributed by atoms with Crippen LogP contribution in [0.1, 0.15) is 15.9 Å². The standard InChI is InChI=1S/C13H13FN4O/c14-11-4-2-1-3-8(11)6-17-13-10(12(16)19)5-9(15)7-18-13/h1-5,7H,6,15H2,(H2,16,19)(H,17,18). The second-order valence-corrected chi connectivity index (χ2v) is 3.97. The van der Waals surface area contributed by atoms with Crippen LogP contribution in [-0.2, 0) is 6.54 Å². The minimum atomic E-state index is -0.643. The van der Waals surface area contributed by atoms with E-state index in [1.165, 1.54) is 18.3 Å². The Hall–Kier alpha value is -2.63. The van der Waals surface area contributed by atoms with Crippen molar-refractivity contribution < 1.29 is 9.18 Å². The minimum Gasteiger partial charge on any atom is -0.397 e. The average molecular weight is 260 g/mol. The third-order valence-electron chi connectivity index (χ3n) is 2.58. The number of hydrogen-bond acceptors (Lipinski definition) is 4. The lowest BCUT2D eigenvalue weighted by atomic mass is 10.2. The molecule has 0 aliphatic rings. The first-order valence-electron chi connectivity index (χ1n) is 5.60. The first-order chi connectivity index (χ1) is 9.08. The predicted molar refractivity (Wildman–Crippen MR) is 70.9 cm³/mol. The molecule has 0 atom stereocenters. The predicted octanol–water partition coefficient (Wildman–Crippen LogP) is 1.51. The van der Waals surface area contributed by atoms with Crippen LogP contribution in [0.4, 0.5) is 15.9 Å². The van der Waals surface area contributed by atoms with Gasteiger partial charge in [0.15, 0.2) is 0 Å². The van der Waals surface area contributed by atoms with Crippen LogP contribution in [0.15, 0.2) is 36.5 Å². The molecule has 98 valence electrons. The second kappa shape index (κ2) is 5.34. The summed E-state index contributed by atoms with van der Waals surface area (Å²) in [6.45, 7) is 0.198. The fourth-order valence-electron chi connectivity index (χ4n) is 1.63. The monoisotopic (exact) mass is 260 g/mol. The first kappa shape index (κ1) is 12.8. The molecule has 1 aromatic heterocycles. The van der Waals surface area contributed by atoms with Gasteiger partial charge in [-0.1, -0.05) is 18.2 Å². The zero-order valence-corrected chi connectivity index (χ0v) is 10.1. The van der Waals surface area contributed by atoms with Gasteiger partial charge in [0.05, 0.1) is 17.4 Å². The molecule has 5 N–H and O–H groups in total. The highest BCUT2D eigenvalue weighted by Crippen LogP contribution is 2.16. The van der Waals surface area contributed by atoms with Gasteiger partial charge in [0, 0.05) is 12.1 Å². The highest BCUT2D eigenvalue weighted by atomic mass is 19.1. The van der Waals surface area contributed by atoms with E-state index in [9.17, 15) is 9.18 Å². The summed E-state index contributed by atoms with van der Waals surface area (Å²) in [5, 5.41) is 2.87. The molecule has 0 fully saturated rings. The van der Waals surface area contributed by atoms with E-state index in [-0.39, 0.29) is 23.7 Å². The maximum Gasteiger partial charge on any atom is 0.252 e. The molecular weight excluding hydrogens is 247 g/mol. The van der Waals surface area contributed by atoms with E-state index in [1.54, 1.807) is 18.2 Å². The summed E-state index contributed by atoms with van der Waals surface area (Å²) >= 11 is 0. The van der Waals surface area contributed by atoms with Crippen molar-refractivity contribution in [3.63, 3.8) is 0 Å². The number of rotatable bonds is 4. The number of hydrogen-bond donors (Lipinski definition) is 3. The Bertz CT molecular complexity index is 615. The number of halogens is 1. The van der Waals surface area contributed by atoms with Gasteiger partial charge < -0.3 is 16.8 Å². The first-order valence-corrected chi connectivity index (χ1v) is 5.60. The minimum absolute atomic E-state index is 0.177. The smallest absolute Gasteiger partial charge is 0.252 e. The molecule has 2 rings (SSSR count). The fraction of sp³-hybridized carbons (Fsp3) is 0.0769. The van der Waals surface area contributed by atoms with Crippen LogP contribution in [-0.4, -0.2) is 10.9 Å². The number of nitrogens with zero attached hydrogens (tertiary/aromatic N) is 1. The average Bonchev–Trinajstić information content (AvgIpc) is 2.38. The van der Waals surface area contributed by atoms with Crippen LogP contribution < -0.4 is 16.8 Å². The lowest BCUT2D eigenvalue weighted by Gasteiger charge is -2.10. The lowest BCUT2D eigenvalue weighted by Crippen LogP contribution is -2.16. The summed E-state index contributed by atoms with van der Waals surface area (Å²) in [6, 6.07) is 7.77. The molecule has 0 saturated carbocycles. The van der Waals surface area contributed by atoms with Crippen molar-refractivity contribution >= 4 is 17.4 Å². The third kappa shape index (κ3) is 2.98. The van der Waals surface area contributed by atoms with Crippen LogP contribution in [0, 0.1) is 5.82 Å². The number of nitrogen functional groups attached to an aromatic ring is 1. The summed E-state index contributed by atoms with van der Waals surface area (Å²) in [5.41, 5.74) is 11.8. The Morgan fingerprint density at radius 3 is 2.79 bits per heavy atom. The van der Waals surface area contributed by atoms with Gasteiger partial charge in [-0.15, -0.1) is 0 Å². The Labute approximate surface area is 109 Å². The van der Waals surface area contributed by atoms with Crippen molar-refractivity contribution in [2.24, 2.45) is 5.73 Å². The Morgan fingerprint density at radius 1 is 1.37 bits per heavy atom. The van der Waals surface area contributed by atoms with E-state index < -0.39 is 5.91 Å². The third-order valence-corrected chi connectivity index (χ3v) is 2.58. The largest absolute Gasteiger partial charge is 0.397 e. The molecule has 0 aliphatic heterocycles. The molecule has 0 spiro atoms. The van der Waals surface area contributed by atoms with Gasteiger partial charge in [0.25, 0.3) is 5.91 Å². The molecule has 5 nitrogen and oxygen atoms in total. The van der Waals surface area contributed by atoms with E-state index in [2.05, 4.69) is 10.3 Å². The van der Waals surface area contributed by atoms with Crippen LogP contribution >= 0.6 is 0 Å². The zero-order valence-electron chi connectivity index (χ0n) is 10.1. The summed E-state index contributed by atoms with van der Waals surface area (Å²) in [4.78, 5) is 15.2. The van der Waals surface area contributed by atoms with Gasteiger partial charge in [-0.25, -0.2) is 9.37 Å². The summed E-state index contributed by atoms with van der Waals surface area (Å²) in [5.74, 6) is -0.688. The second-order valence-electron chi connectivity index (χ2n) is 3.97. The van der Waals surface area contributed by atoms with Crippen molar-refractivity contribution in [2.75, 3.05) is 11.1 Å². The number of nitrogens with two attached hydrogens (primary N) is 2. The number of aromatic nitrogens is 1.